The largest absolute Gasteiger partial charge is 0.320 e. The van der Waals surface area contributed by atoms with Crippen molar-refractivity contribution in [3.63, 3.8) is 0 Å². The summed E-state index contributed by atoms with van der Waals surface area (Å²) in [7, 11) is 0. The van der Waals surface area contributed by atoms with Gasteiger partial charge in [-0.2, -0.15) is 0 Å². The Morgan fingerprint density at radius 1 is 1.43 bits per heavy atom. The van der Waals surface area contributed by atoms with Crippen molar-refractivity contribution in [2.24, 2.45) is 0 Å². The van der Waals surface area contributed by atoms with E-state index < -0.39 is 0 Å². The van der Waals surface area contributed by atoms with Crippen LogP contribution in [0.4, 0.5) is 5.69 Å². The van der Waals surface area contributed by atoms with Gasteiger partial charge in [0.1, 0.15) is 5.01 Å². The van der Waals surface area contributed by atoms with Crippen LogP contribution in [0, 0.1) is 0 Å². The fraction of sp³-hybridized carbons (Fsp3) is 0.357. The highest BCUT2D eigenvalue weighted by molar-refractivity contribution is 7.13. The lowest BCUT2D eigenvalue weighted by Crippen LogP contribution is -2.28. The molecule has 0 aliphatic carbocycles. The number of nitrogens with one attached hydrogen (secondary N) is 2. The molecule has 0 spiro atoms. The summed E-state index contributed by atoms with van der Waals surface area (Å²) in [5.74, 6) is 0.119. The average Bonchev–Trinajstić information content (AvgIpc) is 2.98. The Hall–Kier alpha value is -1.50. The van der Waals surface area contributed by atoms with Crippen LogP contribution in [0.5, 0.6) is 0 Å². The third kappa shape index (κ3) is 3.58. The Kier molecular flexibility index (Phi) is 4.48. The molecule has 1 fully saturated rings. The second-order valence-electron chi connectivity index (χ2n) is 4.95. The number of rotatable bonds is 3. The van der Waals surface area contributed by atoms with Gasteiger partial charge >= 0.3 is 0 Å². The van der Waals surface area contributed by atoms with Crippen LogP contribution >= 0.6 is 22.9 Å². The zero-order valence-electron chi connectivity index (χ0n) is 11.3. The maximum Gasteiger partial charge on any atom is 0.286 e. The minimum absolute atomic E-state index is 0.246. The Morgan fingerprint density at radius 3 is 3.10 bits per heavy atom. The number of aromatic nitrogens is 2. The molecule has 0 radical (unpaired) electrons. The lowest BCUT2D eigenvalue weighted by atomic mass is 10.0. The highest BCUT2D eigenvalue weighted by atomic mass is 35.5. The Morgan fingerprint density at radius 2 is 2.33 bits per heavy atom. The summed E-state index contributed by atoms with van der Waals surface area (Å²) in [5, 5.41) is 16.2. The number of carbonyl (C=O) groups is 1. The van der Waals surface area contributed by atoms with Gasteiger partial charge in [0.05, 0.1) is 0 Å². The molecule has 3 rings (SSSR count). The van der Waals surface area contributed by atoms with E-state index in [0.717, 1.165) is 30.9 Å². The van der Waals surface area contributed by atoms with E-state index in [1.165, 1.54) is 11.3 Å². The molecular formula is C14H15ClN4OS. The molecule has 1 saturated heterocycles. The van der Waals surface area contributed by atoms with Crippen LogP contribution in [-0.4, -0.2) is 29.2 Å². The zero-order valence-corrected chi connectivity index (χ0v) is 12.9. The normalized spacial score (nSPS) is 18.4. The molecule has 1 aromatic carbocycles. The first-order valence-corrected chi connectivity index (χ1v) is 8.03. The summed E-state index contributed by atoms with van der Waals surface area (Å²) >= 11 is 7.26. The van der Waals surface area contributed by atoms with Crippen LogP contribution in [0.2, 0.25) is 5.02 Å². The topological polar surface area (TPSA) is 66.9 Å². The number of benzene rings is 1. The van der Waals surface area contributed by atoms with Gasteiger partial charge in [0.25, 0.3) is 5.91 Å². The van der Waals surface area contributed by atoms with Crippen molar-refractivity contribution in [2.75, 3.05) is 18.4 Å². The Labute approximate surface area is 131 Å². The molecule has 1 atom stereocenters. The summed E-state index contributed by atoms with van der Waals surface area (Å²) in [5.41, 5.74) is 0.656. The summed E-state index contributed by atoms with van der Waals surface area (Å²) in [6.45, 7) is 1.96. The van der Waals surface area contributed by atoms with Gasteiger partial charge in [-0.15, -0.1) is 10.2 Å². The van der Waals surface area contributed by atoms with E-state index in [1.807, 2.05) is 0 Å². The zero-order chi connectivity index (χ0) is 14.7. The van der Waals surface area contributed by atoms with Crippen molar-refractivity contribution < 1.29 is 4.79 Å². The summed E-state index contributed by atoms with van der Waals surface area (Å²) in [6, 6.07) is 7.04. The van der Waals surface area contributed by atoms with E-state index in [9.17, 15) is 4.79 Å². The molecule has 1 aliphatic heterocycles. The van der Waals surface area contributed by atoms with Crippen LogP contribution in [-0.2, 0) is 0 Å². The molecule has 0 bridgehead atoms. The highest BCUT2D eigenvalue weighted by Gasteiger charge is 2.21. The molecule has 0 unspecified atom stereocenters. The SMILES string of the molecule is O=C(Nc1cccc(Cl)c1)c1nnc([C@@H]2CCCNC2)s1. The third-order valence-corrected chi connectivity index (χ3v) is 4.68. The maximum absolute atomic E-state index is 12.2. The fourth-order valence-electron chi connectivity index (χ4n) is 2.30. The van der Waals surface area contributed by atoms with Gasteiger partial charge in [0.15, 0.2) is 0 Å². The third-order valence-electron chi connectivity index (χ3n) is 3.36. The number of nitrogens with zero attached hydrogens (tertiary/aromatic N) is 2. The van der Waals surface area contributed by atoms with E-state index in [2.05, 4.69) is 20.8 Å². The monoisotopic (exact) mass is 322 g/mol. The summed E-state index contributed by atoms with van der Waals surface area (Å²) in [6.07, 6.45) is 2.23. The second-order valence-corrected chi connectivity index (χ2v) is 6.40. The van der Waals surface area contributed by atoms with Crippen LogP contribution in [0.15, 0.2) is 24.3 Å². The second kappa shape index (κ2) is 6.51. The standard InChI is InChI=1S/C14H15ClN4OS/c15-10-4-1-5-11(7-10)17-12(20)14-19-18-13(21-14)9-3-2-6-16-8-9/h1,4-5,7,9,16H,2-3,6,8H2,(H,17,20)/t9-/m1/s1. The number of hydrogen-bond acceptors (Lipinski definition) is 5. The molecular weight excluding hydrogens is 308 g/mol. The first-order valence-electron chi connectivity index (χ1n) is 6.83. The molecule has 7 heteroatoms. The van der Waals surface area contributed by atoms with E-state index in [0.29, 0.717) is 21.6 Å². The van der Waals surface area contributed by atoms with Crippen molar-refractivity contribution in [1.82, 2.24) is 15.5 Å². The lowest BCUT2D eigenvalue weighted by molar-refractivity contribution is 0.102. The number of hydrogen-bond donors (Lipinski definition) is 2. The first-order chi connectivity index (χ1) is 10.2. The van der Waals surface area contributed by atoms with Crippen LogP contribution in [0.3, 0.4) is 0 Å². The maximum atomic E-state index is 12.2. The van der Waals surface area contributed by atoms with Crippen LogP contribution < -0.4 is 10.6 Å². The smallest absolute Gasteiger partial charge is 0.286 e. The van der Waals surface area contributed by atoms with Gasteiger partial charge in [0, 0.05) is 23.2 Å². The van der Waals surface area contributed by atoms with E-state index >= 15 is 0 Å². The minimum atomic E-state index is -0.246. The van der Waals surface area contributed by atoms with Crippen molar-refractivity contribution in [3.8, 4) is 0 Å². The number of carbonyl (C=O) groups excluding carboxylic acids is 1. The molecule has 0 saturated carbocycles. The van der Waals surface area contributed by atoms with Gasteiger partial charge < -0.3 is 10.6 Å². The molecule has 110 valence electrons. The lowest BCUT2D eigenvalue weighted by Gasteiger charge is -2.19. The first kappa shape index (κ1) is 14.4. The molecule has 5 nitrogen and oxygen atoms in total. The molecule has 21 heavy (non-hydrogen) atoms. The van der Waals surface area contributed by atoms with Gasteiger partial charge in [0.2, 0.25) is 5.01 Å². The van der Waals surface area contributed by atoms with Crippen molar-refractivity contribution >= 4 is 34.5 Å². The summed E-state index contributed by atoms with van der Waals surface area (Å²) < 4.78 is 0. The van der Waals surface area contributed by atoms with Crippen molar-refractivity contribution in [1.29, 1.82) is 0 Å². The Bertz CT molecular complexity index is 639. The number of halogens is 1. The van der Waals surface area contributed by atoms with Crippen LogP contribution in [0.25, 0.3) is 0 Å². The number of anilines is 1. The predicted molar refractivity (Wildman–Crippen MR) is 84.2 cm³/mol. The van der Waals surface area contributed by atoms with Gasteiger partial charge in [-0.05, 0) is 37.6 Å². The molecule has 2 N–H and O–H groups in total. The van der Waals surface area contributed by atoms with Crippen molar-refractivity contribution in [2.45, 2.75) is 18.8 Å². The Balaban J connectivity index is 1.69. The van der Waals surface area contributed by atoms with Crippen LogP contribution in [0.1, 0.15) is 33.6 Å². The van der Waals surface area contributed by atoms with Gasteiger partial charge in [-0.25, -0.2) is 0 Å². The van der Waals surface area contributed by atoms with E-state index in [-0.39, 0.29) is 5.91 Å². The molecule has 2 aromatic rings. The minimum Gasteiger partial charge on any atom is -0.320 e. The molecule has 1 aliphatic rings. The molecule has 1 aromatic heterocycles. The van der Waals surface area contributed by atoms with Gasteiger partial charge in [-0.3, -0.25) is 4.79 Å². The van der Waals surface area contributed by atoms with Gasteiger partial charge in [-0.1, -0.05) is 29.0 Å². The fourth-order valence-corrected chi connectivity index (χ4v) is 3.37. The molecule has 2 heterocycles. The van der Waals surface area contributed by atoms with Crippen molar-refractivity contribution in [3.05, 3.63) is 39.3 Å². The quantitative estimate of drug-likeness (QED) is 0.911. The van der Waals surface area contributed by atoms with E-state index in [4.69, 9.17) is 11.6 Å². The number of amides is 1. The predicted octanol–water partition coefficient (Wildman–Crippen LogP) is 2.91. The average molecular weight is 323 g/mol. The number of piperidine rings is 1. The van der Waals surface area contributed by atoms with E-state index in [1.54, 1.807) is 24.3 Å². The summed E-state index contributed by atoms with van der Waals surface area (Å²) in [4.78, 5) is 12.2. The molecule has 1 amide bonds. The highest BCUT2D eigenvalue weighted by Crippen LogP contribution is 2.26.